The Morgan fingerprint density at radius 1 is 0.549 bits per heavy atom. The molecule has 51 heavy (non-hydrogen) atoms. The van der Waals surface area contributed by atoms with Gasteiger partial charge >= 0.3 is 0 Å². The standard InChI is InChI=1S/C46H30N4S/c1-2-11-29(12-3-1)30-13-10-14-33(25-30)49-39-18-7-5-16-35(39)38-26-31(22-24-41(38)49)32-21-23-36-34-15-4-8-19-40(34)50(42(36)27-32)46-47-28-44-45(48-46)37-17-6-9-20-43(37)51-44/h1-11,13-29H,12H2. The zero-order valence-electron chi connectivity index (χ0n) is 27.6. The Balaban J connectivity index is 1.09. The van der Waals surface area contributed by atoms with E-state index in [0.29, 0.717) is 11.9 Å². The van der Waals surface area contributed by atoms with Crippen LogP contribution in [0.1, 0.15) is 17.9 Å². The monoisotopic (exact) mass is 670 g/mol. The van der Waals surface area contributed by atoms with Gasteiger partial charge in [0.15, 0.2) is 0 Å². The van der Waals surface area contributed by atoms with E-state index >= 15 is 0 Å². The van der Waals surface area contributed by atoms with Gasteiger partial charge in [-0.05, 0) is 71.6 Å². The summed E-state index contributed by atoms with van der Waals surface area (Å²) in [5, 5.41) is 6.05. The first kappa shape index (κ1) is 28.5. The van der Waals surface area contributed by atoms with E-state index in [9.17, 15) is 0 Å². The van der Waals surface area contributed by atoms with E-state index in [1.54, 1.807) is 11.3 Å². The van der Waals surface area contributed by atoms with E-state index in [4.69, 9.17) is 9.97 Å². The van der Waals surface area contributed by atoms with Gasteiger partial charge in [-0.15, -0.1) is 11.3 Å². The third kappa shape index (κ3) is 4.38. The maximum absolute atomic E-state index is 5.20. The summed E-state index contributed by atoms with van der Waals surface area (Å²) in [6.45, 7) is 0. The fraction of sp³-hybridized carbons (Fsp3) is 0.0435. The highest BCUT2D eigenvalue weighted by Gasteiger charge is 2.19. The van der Waals surface area contributed by atoms with Crippen LogP contribution in [0.2, 0.25) is 0 Å². The van der Waals surface area contributed by atoms with Gasteiger partial charge in [-0.2, -0.15) is 0 Å². The number of hydrogen-bond donors (Lipinski definition) is 0. The summed E-state index contributed by atoms with van der Waals surface area (Å²) in [5.41, 5.74) is 10.5. The largest absolute Gasteiger partial charge is 0.309 e. The molecule has 240 valence electrons. The van der Waals surface area contributed by atoms with Crippen molar-refractivity contribution in [2.75, 3.05) is 0 Å². The first-order valence-electron chi connectivity index (χ1n) is 17.4. The van der Waals surface area contributed by atoms with Crippen LogP contribution in [0.4, 0.5) is 0 Å². The number of para-hydroxylation sites is 2. The Hall–Kier alpha value is -6.30. The molecule has 0 N–H and O–H groups in total. The normalized spacial score (nSPS) is 14.6. The van der Waals surface area contributed by atoms with Crippen LogP contribution in [-0.4, -0.2) is 19.1 Å². The molecule has 1 aliphatic carbocycles. The van der Waals surface area contributed by atoms with E-state index in [0.717, 1.165) is 33.2 Å². The van der Waals surface area contributed by atoms with Crippen molar-refractivity contribution in [3.05, 3.63) is 170 Å². The molecule has 4 nitrogen and oxygen atoms in total. The molecule has 0 spiro atoms. The minimum atomic E-state index is 0.400. The number of thiophene rings is 1. The van der Waals surface area contributed by atoms with Crippen molar-refractivity contribution in [2.45, 2.75) is 12.3 Å². The Labute approximate surface area is 297 Å². The van der Waals surface area contributed by atoms with E-state index in [1.807, 2.05) is 6.20 Å². The molecular formula is C46H30N4S. The first-order valence-corrected chi connectivity index (χ1v) is 18.3. The molecule has 1 atom stereocenters. The lowest BCUT2D eigenvalue weighted by atomic mass is 9.92. The Bertz CT molecular complexity index is 3080. The Morgan fingerprint density at radius 2 is 1.27 bits per heavy atom. The molecule has 0 saturated heterocycles. The van der Waals surface area contributed by atoms with Crippen molar-refractivity contribution in [3.8, 4) is 22.8 Å². The number of fused-ring (bicyclic) bond motifs is 9. The Morgan fingerprint density at radius 3 is 2.14 bits per heavy atom. The minimum Gasteiger partial charge on any atom is -0.309 e. The highest BCUT2D eigenvalue weighted by molar-refractivity contribution is 7.25. The van der Waals surface area contributed by atoms with Crippen LogP contribution in [0.5, 0.6) is 0 Å². The molecule has 0 bridgehead atoms. The molecule has 0 aliphatic heterocycles. The molecule has 4 aromatic heterocycles. The number of aromatic nitrogens is 4. The number of rotatable bonds is 4. The molecule has 11 rings (SSSR count). The fourth-order valence-corrected chi connectivity index (χ4v) is 9.14. The molecule has 1 aliphatic rings. The molecular weight excluding hydrogens is 641 g/mol. The SMILES string of the molecule is C1=CCC(c2cccc(-n3c4ccccc4c4cc(-c5ccc6c7ccccc7n(-c7ncc8sc9ccccc9c8n7)c6c5)ccc43)c2)C=C1. The molecule has 0 amide bonds. The summed E-state index contributed by atoms with van der Waals surface area (Å²) in [7, 11) is 0. The van der Waals surface area contributed by atoms with Crippen molar-refractivity contribution >= 4 is 75.3 Å². The quantitative estimate of drug-likeness (QED) is 0.187. The Kier molecular flexibility index (Phi) is 6.21. The fourth-order valence-electron chi connectivity index (χ4n) is 8.13. The van der Waals surface area contributed by atoms with Crippen LogP contribution >= 0.6 is 11.3 Å². The maximum Gasteiger partial charge on any atom is 0.235 e. The third-order valence-corrected chi connectivity index (χ3v) is 11.6. The summed E-state index contributed by atoms with van der Waals surface area (Å²) in [6, 6.07) is 48.6. The van der Waals surface area contributed by atoms with Gasteiger partial charge in [-0.25, -0.2) is 9.97 Å². The van der Waals surface area contributed by atoms with E-state index in [2.05, 4.69) is 167 Å². The van der Waals surface area contributed by atoms with Crippen LogP contribution in [0, 0.1) is 0 Å². The molecule has 1 unspecified atom stereocenters. The third-order valence-electron chi connectivity index (χ3n) is 10.5. The van der Waals surface area contributed by atoms with Gasteiger partial charge < -0.3 is 4.57 Å². The highest BCUT2D eigenvalue weighted by Crippen LogP contribution is 2.39. The zero-order chi connectivity index (χ0) is 33.5. The van der Waals surface area contributed by atoms with Gasteiger partial charge in [-0.1, -0.05) is 109 Å². The second-order valence-corrected chi connectivity index (χ2v) is 14.5. The molecule has 4 heterocycles. The van der Waals surface area contributed by atoms with Crippen LogP contribution in [-0.2, 0) is 0 Å². The predicted octanol–water partition coefficient (Wildman–Crippen LogP) is 12.3. The van der Waals surface area contributed by atoms with Crippen molar-refractivity contribution in [1.82, 2.24) is 19.1 Å². The highest BCUT2D eigenvalue weighted by atomic mass is 32.1. The summed E-state index contributed by atoms with van der Waals surface area (Å²) in [4.78, 5) is 10.1. The number of nitrogens with zero attached hydrogens (tertiary/aromatic N) is 4. The lowest BCUT2D eigenvalue weighted by Gasteiger charge is -2.16. The molecule has 0 saturated carbocycles. The van der Waals surface area contributed by atoms with Gasteiger partial charge in [0.1, 0.15) is 0 Å². The molecule has 0 fully saturated rings. The topological polar surface area (TPSA) is 35.6 Å². The number of allylic oxidation sites excluding steroid dienone is 4. The molecule has 5 heteroatoms. The van der Waals surface area contributed by atoms with Crippen LogP contribution in [0.15, 0.2) is 164 Å². The second-order valence-electron chi connectivity index (χ2n) is 13.4. The lowest BCUT2D eigenvalue weighted by Crippen LogP contribution is -2.00. The number of benzene rings is 6. The minimum absolute atomic E-state index is 0.400. The van der Waals surface area contributed by atoms with Crippen LogP contribution in [0.3, 0.4) is 0 Å². The second kappa shape index (κ2) is 11.1. The van der Waals surface area contributed by atoms with Crippen LogP contribution < -0.4 is 0 Å². The molecule has 6 aromatic carbocycles. The van der Waals surface area contributed by atoms with Crippen molar-refractivity contribution < 1.29 is 0 Å². The van der Waals surface area contributed by atoms with Gasteiger partial charge in [0.05, 0.1) is 38.5 Å². The van der Waals surface area contributed by atoms with Crippen molar-refractivity contribution in [3.63, 3.8) is 0 Å². The maximum atomic E-state index is 5.20. The summed E-state index contributed by atoms with van der Waals surface area (Å²) < 4.78 is 6.98. The number of hydrogen-bond acceptors (Lipinski definition) is 3. The summed E-state index contributed by atoms with van der Waals surface area (Å²) in [6.07, 6.45) is 11.9. The van der Waals surface area contributed by atoms with Gasteiger partial charge in [0, 0.05) is 43.2 Å². The van der Waals surface area contributed by atoms with Gasteiger partial charge in [0.25, 0.3) is 0 Å². The first-order chi connectivity index (χ1) is 25.3. The van der Waals surface area contributed by atoms with E-state index in [-0.39, 0.29) is 0 Å². The van der Waals surface area contributed by atoms with Gasteiger partial charge in [-0.3, -0.25) is 4.57 Å². The predicted molar refractivity (Wildman–Crippen MR) is 215 cm³/mol. The average molecular weight is 671 g/mol. The summed E-state index contributed by atoms with van der Waals surface area (Å²) in [5.74, 6) is 1.09. The van der Waals surface area contributed by atoms with E-state index in [1.165, 1.54) is 59.5 Å². The molecule has 0 radical (unpaired) electrons. The van der Waals surface area contributed by atoms with Gasteiger partial charge in [0.2, 0.25) is 5.95 Å². The molecule has 10 aromatic rings. The lowest BCUT2D eigenvalue weighted by molar-refractivity contribution is 0.852. The van der Waals surface area contributed by atoms with Crippen molar-refractivity contribution in [2.24, 2.45) is 0 Å². The van der Waals surface area contributed by atoms with Crippen LogP contribution in [0.25, 0.3) is 86.7 Å². The van der Waals surface area contributed by atoms with Crippen molar-refractivity contribution in [1.29, 1.82) is 0 Å². The van der Waals surface area contributed by atoms with E-state index < -0.39 is 0 Å². The average Bonchev–Trinajstić information content (AvgIpc) is 3.85. The summed E-state index contributed by atoms with van der Waals surface area (Å²) >= 11 is 1.74. The smallest absolute Gasteiger partial charge is 0.235 e. The zero-order valence-corrected chi connectivity index (χ0v) is 28.4.